The fourth-order valence-electron chi connectivity index (χ4n) is 2.35. The quantitative estimate of drug-likeness (QED) is 0.268. The minimum Gasteiger partial charge on any atom is -0.396 e. The fraction of sp³-hybridized carbons (Fsp3) is 0.650. The van der Waals surface area contributed by atoms with Crippen LogP contribution in [-0.4, -0.2) is 63.7 Å². The van der Waals surface area contributed by atoms with E-state index < -0.39 is 0 Å². The van der Waals surface area contributed by atoms with Crippen LogP contribution in [0.15, 0.2) is 35.3 Å². The summed E-state index contributed by atoms with van der Waals surface area (Å²) >= 11 is 0. The molecule has 1 aromatic rings. The summed E-state index contributed by atoms with van der Waals surface area (Å²) in [7, 11) is 0. The van der Waals surface area contributed by atoms with Gasteiger partial charge in [-0.3, -0.25) is 4.99 Å². The average molecular weight is 366 g/mol. The fourth-order valence-corrected chi connectivity index (χ4v) is 2.35. The third-order valence-electron chi connectivity index (χ3n) is 3.86. The van der Waals surface area contributed by atoms with Gasteiger partial charge in [-0.25, -0.2) is 0 Å². The van der Waals surface area contributed by atoms with Crippen molar-refractivity contribution in [1.29, 1.82) is 0 Å². The summed E-state index contributed by atoms with van der Waals surface area (Å²) < 4.78 is 11.0. The molecule has 148 valence electrons. The zero-order valence-corrected chi connectivity index (χ0v) is 16.2. The Balaban J connectivity index is 2.28. The van der Waals surface area contributed by atoms with Gasteiger partial charge >= 0.3 is 0 Å². The summed E-state index contributed by atoms with van der Waals surface area (Å²) in [6.07, 6.45) is 2.25. The molecule has 0 fully saturated rings. The van der Waals surface area contributed by atoms with Gasteiger partial charge in [0.1, 0.15) is 0 Å². The molecule has 26 heavy (non-hydrogen) atoms. The molecule has 3 N–H and O–H groups in total. The van der Waals surface area contributed by atoms with Crippen LogP contribution in [0.2, 0.25) is 0 Å². The Hall–Kier alpha value is -1.63. The van der Waals surface area contributed by atoms with E-state index in [0.29, 0.717) is 32.9 Å². The molecule has 1 aromatic carbocycles. The maximum absolute atomic E-state index is 9.63. The van der Waals surface area contributed by atoms with Gasteiger partial charge in [-0.15, -0.1) is 0 Å². The average Bonchev–Trinajstić information content (AvgIpc) is 2.68. The predicted octanol–water partition coefficient (Wildman–Crippen LogP) is 2.15. The summed E-state index contributed by atoms with van der Waals surface area (Å²) in [5.74, 6) is 0.743. The number of aliphatic hydroxyl groups is 1. The van der Waals surface area contributed by atoms with Crippen LogP contribution in [0.5, 0.6) is 0 Å². The summed E-state index contributed by atoms with van der Waals surface area (Å²) in [6.45, 7) is 8.91. The summed E-state index contributed by atoms with van der Waals surface area (Å²) in [5.41, 5.74) is 1.10. The monoisotopic (exact) mass is 365 g/mol. The molecular formula is C20H35N3O3. The van der Waals surface area contributed by atoms with E-state index in [0.717, 1.165) is 37.5 Å². The van der Waals surface area contributed by atoms with E-state index in [9.17, 15) is 5.11 Å². The lowest BCUT2D eigenvalue weighted by molar-refractivity contribution is 0.0487. The molecule has 0 bridgehead atoms. The Morgan fingerprint density at radius 1 is 1.04 bits per heavy atom. The van der Waals surface area contributed by atoms with Crippen molar-refractivity contribution in [2.75, 3.05) is 52.7 Å². The van der Waals surface area contributed by atoms with Crippen molar-refractivity contribution in [2.24, 2.45) is 4.99 Å². The van der Waals surface area contributed by atoms with E-state index in [1.165, 1.54) is 0 Å². The molecule has 0 amide bonds. The van der Waals surface area contributed by atoms with Gasteiger partial charge in [-0.05, 0) is 18.9 Å². The van der Waals surface area contributed by atoms with Gasteiger partial charge < -0.3 is 25.2 Å². The number of hydrogen-bond acceptors (Lipinski definition) is 4. The minimum absolute atomic E-state index is 0.00294. The highest BCUT2D eigenvalue weighted by atomic mass is 16.5. The molecule has 6 heteroatoms. The van der Waals surface area contributed by atoms with Crippen molar-refractivity contribution in [2.45, 2.75) is 32.6 Å². The van der Waals surface area contributed by atoms with Crippen molar-refractivity contribution in [3.05, 3.63) is 35.9 Å². The smallest absolute Gasteiger partial charge is 0.191 e. The van der Waals surface area contributed by atoms with Gasteiger partial charge in [0, 0.05) is 25.6 Å². The molecule has 1 rings (SSSR count). The number of ether oxygens (including phenoxy) is 2. The Morgan fingerprint density at radius 3 is 2.42 bits per heavy atom. The summed E-state index contributed by atoms with van der Waals surface area (Å²) in [4.78, 5) is 4.58. The second kappa shape index (κ2) is 15.6. The lowest BCUT2D eigenvalue weighted by atomic mass is 10.0. The molecule has 6 nitrogen and oxygen atoms in total. The van der Waals surface area contributed by atoms with E-state index >= 15 is 0 Å². The third kappa shape index (κ3) is 10.4. The zero-order valence-electron chi connectivity index (χ0n) is 16.2. The summed E-state index contributed by atoms with van der Waals surface area (Å²) in [5, 5.41) is 16.1. The Kier molecular flexibility index (Phi) is 13.5. The minimum atomic E-state index is 0.00294. The van der Waals surface area contributed by atoms with Gasteiger partial charge in [0.2, 0.25) is 0 Å². The van der Waals surface area contributed by atoms with Crippen LogP contribution >= 0.6 is 0 Å². The highest BCUT2D eigenvalue weighted by Crippen LogP contribution is 2.14. The Bertz CT molecular complexity index is 469. The first kappa shape index (κ1) is 22.4. The van der Waals surface area contributed by atoms with E-state index in [2.05, 4.69) is 22.5 Å². The molecule has 0 saturated heterocycles. The van der Waals surface area contributed by atoms with Gasteiger partial charge in [-0.2, -0.15) is 0 Å². The number of unbranched alkanes of at least 4 members (excludes halogenated alkanes) is 1. The number of nitrogens with one attached hydrogen (secondary N) is 2. The second-order valence-electron chi connectivity index (χ2n) is 6.01. The first-order valence-electron chi connectivity index (χ1n) is 9.65. The standard InChI is InChI=1S/C20H35N3O3/c1-3-5-12-25-14-15-26-13-11-22-20(21-4-2)23-16-19(17-24)18-9-7-6-8-10-18/h6-10,19,24H,3-5,11-17H2,1-2H3,(H2,21,22,23). The van der Waals surface area contributed by atoms with E-state index in [1.807, 2.05) is 37.3 Å². The first-order chi connectivity index (χ1) is 12.8. The summed E-state index contributed by atoms with van der Waals surface area (Å²) in [6, 6.07) is 9.98. The molecule has 1 atom stereocenters. The molecule has 0 radical (unpaired) electrons. The van der Waals surface area contributed by atoms with Gasteiger partial charge in [0.25, 0.3) is 0 Å². The number of nitrogens with zero attached hydrogens (tertiary/aromatic N) is 1. The van der Waals surface area contributed by atoms with Crippen LogP contribution in [0.25, 0.3) is 0 Å². The normalized spacial score (nSPS) is 12.8. The molecule has 0 aliphatic carbocycles. The van der Waals surface area contributed by atoms with Crippen LogP contribution in [0.3, 0.4) is 0 Å². The Labute approximate surface area is 158 Å². The number of guanidine groups is 1. The molecular weight excluding hydrogens is 330 g/mol. The van der Waals surface area contributed by atoms with Gasteiger partial charge in [0.05, 0.1) is 33.0 Å². The molecule has 0 aliphatic rings. The molecule has 1 unspecified atom stereocenters. The maximum atomic E-state index is 9.63. The topological polar surface area (TPSA) is 75.1 Å². The molecule has 0 aromatic heterocycles. The van der Waals surface area contributed by atoms with Crippen LogP contribution in [0.1, 0.15) is 38.2 Å². The number of aliphatic imine (C=N–C) groups is 1. The van der Waals surface area contributed by atoms with Crippen molar-refractivity contribution in [1.82, 2.24) is 10.6 Å². The number of aliphatic hydroxyl groups excluding tert-OH is 1. The van der Waals surface area contributed by atoms with Crippen LogP contribution in [-0.2, 0) is 9.47 Å². The molecule has 0 saturated carbocycles. The van der Waals surface area contributed by atoms with E-state index in [4.69, 9.17) is 9.47 Å². The van der Waals surface area contributed by atoms with E-state index in [-0.39, 0.29) is 12.5 Å². The lowest BCUT2D eigenvalue weighted by Gasteiger charge is -2.15. The van der Waals surface area contributed by atoms with Gasteiger partial charge in [0.15, 0.2) is 5.96 Å². The molecule has 0 spiro atoms. The third-order valence-corrected chi connectivity index (χ3v) is 3.86. The highest BCUT2D eigenvalue weighted by molar-refractivity contribution is 5.79. The lowest BCUT2D eigenvalue weighted by Crippen LogP contribution is -2.39. The number of rotatable bonds is 14. The van der Waals surface area contributed by atoms with E-state index in [1.54, 1.807) is 0 Å². The second-order valence-corrected chi connectivity index (χ2v) is 6.01. The Morgan fingerprint density at radius 2 is 1.77 bits per heavy atom. The highest BCUT2D eigenvalue weighted by Gasteiger charge is 2.09. The SMILES string of the molecule is CCCCOCCOCCNC(=NCC(CO)c1ccccc1)NCC. The zero-order chi connectivity index (χ0) is 18.9. The van der Waals surface area contributed by atoms with Crippen LogP contribution in [0.4, 0.5) is 0 Å². The van der Waals surface area contributed by atoms with Crippen LogP contribution in [0, 0.1) is 0 Å². The number of benzene rings is 1. The van der Waals surface area contributed by atoms with Crippen molar-refractivity contribution in [3.63, 3.8) is 0 Å². The molecule has 0 heterocycles. The van der Waals surface area contributed by atoms with Crippen molar-refractivity contribution < 1.29 is 14.6 Å². The van der Waals surface area contributed by atoms with Crippen molar-refractivity contribution in [3.8, 4) is 0 Å². The predicted molar refractivity (Wildman–Crippen MR) is 107 cm³/mol. The number of hydrogen-bond donors (Lipinski definition) is 3. The van der Waals surface area contributed by atoms with Crippen molar-refractivity contribution >= 4 is 5.96 Å². The van der Waals surface area contributed by atoms with Crippen LogP contribution < -0.4 is 10.6 Å². The largest absolute Gasteiger partial charge is 0.396 e. The molecule has 0 aliphatic heterocycles. The van der Waals surface area contributed by atoms with Gasteiger partial charge in [-0.1, -0.05) is 43.7 Å². The maximum Gasteiger partial charge on any atom is 0.191 e. The first-order valence-corrected chi connectivity index (χ1v) is 9.65.